The van der Waals surface area contributed by atoms with Crippen molar-refractivity contribution in [2.75, 3.05) is 25.5 Å². The number of nitrogens with one attached hydrogen (secondary N) is 2. The van der Waals surface area contributed by atoms with E-state index in [0.717, 1.165) is 25.9 Å². The maximum atomic E-state index is 15.0. The molecule has 162 valence electrons. The third-order valence-electron chi connectivity index (χ3n) is 5.23. The minimum atomic E-state index is -1.29. The zero-order valence-electron chi connectivity index (χ0n) is 17.6. The van der Waals surface area contributed by atoms with Crippen LogP contribution in [-0.4, -0.2) is 50.9 Å². The molecule has 31 heavy (non-hydrogen) atoms. The van der Waals surface area contributed by atoms with Crippen molar-refractivity contribution in [2.24, 2.45) is 0 Å². The standard InChI is InChI=1S/C21H24FN7O2/c1-21(2,30)19-16(31-3)8-17-25-11-15(29(17)28-19)18-14(22)7-12(9-23)20(27-18)26-13-5-4-6-24-10-13/h7-8,11,13,24,30H,4-6,10H2,1-3H3,(H,26,27)/t13-/m1/s1. The molecule has 0 aromatic carbocycles. The molecular weight excluding hydrogens is 401 g/mol. The number of fused-ring (bicyclic) bond motifs is 1. The summed E-state index contributed by atoms with van der Waals surface area (Å²) in [7, 11) is 1.48. The second-order valence-electron chi connectivity index (χ2n) is 8.05. The van der Waals surface area contributed by atoms with E-state index in [1.165, 1.54) is 23.9 Å². The Morgan fingerprint density at radius 2 is 2.23 bits per heavy atom. The molecule has 3 aromatic rings. The Kier molecular flexibility index (Phi) is 5.47. The summed E-state index contributed by atoms with van der Waals surface area (Å²) in [6.45, 7) is 4.86. The van der Waals surface area contributed by atoms with Gasteiger partial charge in [-0.3, -0.25) is 0 Å². The summed E-state index contributed by atoms with van der Waals surface area (Å²) < 4.78 is 21.7. The normalized spacial score (nSPS) is 16.8. The second kappa shape index (κ2) is 8.09. The zero-order chi connectivity index (χ0) is 22.2. The monoisotopic (exact) mass is 425 g/mol. The molecule has 0 amide bonds. The molecule has 1 atom stereocenters. The van der Waals surface area contributed by atoms with Crippen molar-refractivity contribution >= 4 is 11.5 Å². The fourth-order valence-corrected chi connectivity index (χ4v) is 3.67. The Morgan fingerprint density at radius 1 is 1.42 bits per heavy atom. The number of piperidine rings is 1. The highest BCUT2D eigenvalue weighted by atomic mass is 19.1. The lowest BCUT2D eigenvalue weighted by molar-refractivity contribution is 0.0694. The number of nitrogens with zero attached hydrogens (tertiary/aromatic N) is 5. The Balaban J connectivity index is 1.83. The number of pyridine rings is 1. The third kappa shape index (κ3) is 4.02. The van der Waals surface area contributed by atoms with E-state index in [4.69, 9.17) is 4.74 Å². The molecule has 1 saturated heterocycles. The van der Waals surface area contributed by atoms with E-state index in [0.29, 0.717) is 22.9 Å². The minimum Gasteiger partial charge on any atom is -0.495 e. The van der Waals surface area contributed by atoms with Crippen molar-refractivity contribution in [3.8, 4) is 23.2 Å². The molecule has 0 spiro atoms. The highest BCUT2D eigenvalue weighted by Crippen LogP contribution is 2.31. The summed E-state index contributed by atoms with van der Waals surface area (Å²) >= 11 is 0. The van der Waals surface area contributed by atoms with Gasteiger partial charge in [-0.05, 0) is 39.3 Å². The summed E-state index contributed by atoms with van der Waals surface area (Å²) in [5, 5.41) is 31.0. The molecule has 0 radical (unpaired) electrons. The van der Waals surface area contributed by atoms with Crippen LogP contribution in [0.5, 0.6) is 5.75 Å². The SMILES string of the molecule is COc1cc2ncc(-c3nc(N[C@@H]4CCCNC4)c(C#N)cc3F)n2nc1C(C)(C)O. The Labute approximate surface area is 178 Å². The number of anilines is 1. The maximum absolute atomic E-state index is 15.0. The molecule has 0 saturated carbocycles. The van der Waals surface area contributed by atoms with Crippen molar-refractivity contribution in [1.82, 2.24) is 24.9 Å². The molecule has 1 aliphatic heterocycles. The Morgan fingerprint density at radius 3 is 2.87 bits per heavy atom. The van der Waals surface area contributed by atoms with Crippen molar-refractivity contribution in [1.29, 1.82) is 5.26 Å². The van der Waals surface area contributed by atoms with Crippen molar-refractivity contribution in [3.05, 3.63) is 35.4 Å². The van der Waals surface area contributed by atoms with Crippen LogP contribution in [0.1, 0.15) is 37.9 Å². The summed E-state index contributed by atoms with van der Waals surface area (Å²) in [5.41, 5.74) is -0.156. The summed E-state index contributed by atoms with van der Waals surface area (Å²) in [6, 6.07) is 4.89. The average Bonchev–Trinajstić information content (AvgIpc) is 3.16. The van der Waals surface area contributed by atoms with Crippen LogP contribution in [0, 0.1) is 17.1 Å². The van der Waals surface area contributed by atoms with Gasteiger partial charge in [0.1, 0.15) is 40.3 Å². The van der Waals surface area contributed by atoms with Crippen LogP contribution in [0.2, 0.25) is 0 Å². The molecule has 3 N–H and O–H groups in total. The van der Waals surface area contributed by atoms with Crippen molar-refractivity contribution in [3.63, 3.8) is 0 Å². The lowest BCUT2D eigenvalue weighted by Gasteiger charge is -2.25. The Bertz CT molecular complexity index is 1160. The molecule has 0 bridgehead atoms. The number of rotatable bonds is 5. The van der Waals surface area contributed by atoms with Crippen molar-refractivity contribution in [2.45, 2.75) is 38.3 Å². The molecule has 4 rings (SSSR count). The number of methoxy groups -OCH3 is 1. The number of imidazole rings is 1. The van der Waals surface area contributed by atoms with E-state index in [9.17, 15) is 14.8 Å². The van der Waals surface area contributed by atoms with Gasteiger partial charge in [-0.15, -0.1) is 0 Å². The minimum absolute atomic E-state index is 0.0112. The van der Waals surface area contributed by atoms with Crippen molar-refractivity contribution < 1.29 is 14.2 Å². The van der Waals surface area contributed by atoms with Gasteiger partial charge in [-0.1, -0.05) is 0 Å². The van der Waals surface area contributed by atoms with Gasteiger partial charge in [-0.25, -0.2) is 18.9 Å². The van der Waals surface area contributed by atoms with E-state index in [1.807, 2.05) is 6.07 Å². The molecule has 4 heterocycles. The lowest BCUT2D eigenvalue weighted by Crippen LogP contribution is -2.38. The average molecular weight is 425 g/mol. The number of aliphatic hydroxyl groups is 1. The number of hydrogen-bond acceptors (Lipinski definition) is 8. The van der Waals surface area contributed by atoms with Crippen LogP contribution in [0.3, 0.4) is 0 Å². The highest BCUT2D eigenvalue weighted by molar-refractivity contribution is 5.66. The van der Waals surface area contributed by atoms with Crippen LogP contribution in [-0.2, 0) is 5.60 Å². The van der Waals surface area contributed by atoms with Gasteiger partial charge < -0.3 is 20.5 Å². The Hall–Kier alpha value is -3.29. The molecule has 10 heteroatoms. The van der Waals surface area contributed by atoms with Crippen LogP contribution in [0.25, 0.3) is 17.0 Å². The fraction of sp³-hybridized carbons (Fsp3) is 0.429. The summed E-state index contributed by atoms with van der Waals surface area (Å²) in [4.78, 5) is 8.73. The van der Waals surface area contributed by atoms with Gasteiger partial charge in [0.05, 0.1) is 18.9 Å². The van der Waals surface area contributed by atoms with Crippen LogP contribution >= 0.6 is 0 Å². The van der Waals surface area contributed by atoms with Gasteiger partial charge in [0.2, 0.25) is 0 Å². The largest absolute Gasteiger partial charge is 0.495 e. The van der Waals surface area contributed by atoms with E-state index in [-0.39, 0.29) is 23.0 Å². The number of ether oxygens (including phenoxy) is 1. The smallest absolute Gasteiger partial charge is 0.157 e. The molecule has 1 aliphatic rings. The lowest BCUT2D eigenvalue weighted by atomic mass is 10.0. The van der Waals surface area contributed by atoms with Gasteiger partial charge in [0.15, 0.2) is 11.5 Å². The van der Waals surface area contributed by atoms with Gasteiger partial charge in [0.25, 0.3) is 0 Å². The molecule has 9 nitrogen and oxygen atoms in total. The first-order chi connectivity index (χ1) is 14.8. The van der Waals surface area contributed by atoms with E-state index in [1.54, 1.807) is 19.9 Å². The quantitative estimate of drug-likeness (QED) is 0.569. The summed E-state index contributed by atoms with van der Waals surface area (Å²) in [6.07, 6.45) is 3.39. The van der Waals surface area contributed by atoms with Gasteiger partial charge >= 0.3 is 0 Å². The number of aromatic nitrogens is 4. The van der Waals surface area contributed by atoms with Crippen LogP contribution in [0.4, 0.5) is 10.2 Å². The number of halogens is 1. The predicted molar refractivity (Wildman–Crippen MR) is 112 cm³/mol. The summed E-state index contributed by atoms with van der Waals surface area (Å²) in [5.74, 6) is 0.0319. The zero-order valence-corrected chi connectivity index (χ0v) is 17.6. The predicted octanol–water partition coefficient (Wildman–Crippen LogP) is 2.20. The van der Waals surface area contributed by atoms with Crippen LogP contribution in [0.15, 0.2) is 18.3 Å². The first-order valence-corrected chi connectivity index (χ1v) is 10.1. The molecule has 0 unspecified atom stereocenters. The molecule has 1 fully saturated rings. The van der Waals surface area contributed by atoms with E-state index in [2.05, 4.69) is 25.7 Å². The molecule has 0 aliphatic carbocycles. The van der Waals surface area contributed by atoms with Crippen LogP contribution < -0.4 is 15.4 Å². The van der Waals surface area contributed by atoms with Gasteiger partial charge in [0, 0.05) is 18.7 Å². The first-order valence-electron chi connectivity index (χ1n) is 10.1. The first kappa shape index (κ1) is 21.0. The highest BCUT2D eigenvalue weighted by Gasteiger charge is 2.26. The third-order valence-corrected chi connectivity index (χ3v) is 5.23. The van der Waals surface area contributed by atoms with Gasteiger partial charge in [-0.2, -0.15) is 10.4 Å². The fourth-order valence-electron chi connectivity index (χ4n) is 3.67. The number of hydrogen-bond donors (Lipinski definition) is 3. The maximum Gasteiger partial charge on any atom is 0.157 e. The molecule has 3 aromatic heterocycles. The van der Waals surface area contributed by atoms with E-state index < -0.39 is 11.4 Å². The molecular formula is C21H24FN7O2. The van der Waals surface area contributed by atoms with E-state index >= 15 is 0 Å². The second-order valence-corrected chi connectivity index (χ2v) is 8.05. The number of nitriles is 1. The topological polar surface area (TPSA) is 120 Å².